The van der Waals surface area contributed by atoms with Crippen molar-refractivity contribution in [3.8, 4) is 0 Å². The lowest BCUT2D eigenvalue weighted by Crippen LogP contribution is -2.47. The molecular formula is C26H32N4O4S. The summed E-state index contributed by atoms with van der Waals surface area (Å²) in [4.78, 5) is 17.4. The van der Waals surface area contributed by atoms with Crippen molar-refractivity contribution in [3.05, 3.63) is 83.8 Å². The molecule has 1 unspecified atom stereocenters. The summed E-state index contributed by atoms with van der Waals surface area (Å²) in [6, 6.07) is 15.6. The van der Waals surface area contributed by atoms with Crippen molar-refractivity contribution >= 4 is 21.6 Å². The zero-order chi connectivity index (χ0) is 25.7. The van der Waals surface area contributed by atoms with Gasteiger partial charge in [-0.3, -0.25) is 9.78 Å². The molecule has 0 fully saturated rings. The van der Waals surface area contributed by atoms with Crippen LogP contribution < -0.4 is 11.1 Å². The summed E-state index contributed by atoms with van der Waals surface area (Å²) >= 11 is 0. The number of nitrogens with two attached hydrogens (primary N) is 1. The lowest BCUT2D eigenvalue weighted by atomic mass is 9.77. The van der Waals surface area contributed by atoms with E-state index in [1.807, 2.05) is 24.3 Å². The molecule has 0 saturated heterocycles. The molecule has 9 heteroatoms. The van der Waals surface area contributed by atoms with Crippen molar-refractivity contribution in [2.24, 2.45) is 5.73 Å². The van der Waals surface area contributed by atoms with E-state index < -0.39 is 20.7 Å². The quantitative estimate of drug-likeness (QED) is 0.364. The Hall–Kier alpha value is -3.30. The molecule has 0 saturated carbocycles. The molecule has 3 rings (SSSR count). The highest BCUT2D eigenvalue weighted by Crippen LogP contribution is 2.35. The van der Waals surface area contributed by atoms with Gasteiger partial charge in [-0.15, -0.1) is 0 Å². The number of sulfone groups is 1. The van der Waals surface area contributed by atoms with Gasteiger partial charge in [0.1, 0.15) is 12.4 Å². The van der Waals surface area contributed by atoms with Gasteiger partial charge < -0.3 is 16.2 Å². The van der Waals surface area contributed by atoms with Gasteiger partial charge >= 0.3 is 5.97 Å². The standard InChI is InChI=1S/C26H32N4O4S/c1-4-25(3,5-2)20-13-11-19(12-14-20)16-26(27,35(33,34)21-8-7-15-28-17-21)22-9-6-10-23(30-22)29-18-24(31)32/h6-15,17H,4-5,16,18,27H2,1-3H3,(H,29,30)(H,31,32). The van der Waals surface area contributed by atoms with Crippen LogP contribution in [0.4, 0.5) is 5.82 Å². The molecule has 0 aliphatic carbocycles. The number of carboxylic acid groups (broad SMARTS) is 1. The number of rotatable bonds is 11. The van der Waals surface area contributed by atoms with Gasteiger partial charge in [-0.25, -0.2) is 13.4 Å². The summed E-state index contributed by atoms with van der Waals surface area (Å²) < 4.78 is 27.7. The van der Waals surface area contributed by atoms with Gasteiger partial charge in [-0.05, 0) is 53.6 Å². The average molecular weight is 497 g/mol. The topological polar surface area (TPSA) is 135 Å². The molecule has 0 aliphatic rings. The molecule has 3 aromatic rings. The van der Waals surface area contributed by atoms with E-state index in [1.54, 1.807) is 18.2 Å². The zero-order valence-electron chi connectivity index (χ0n) is 20.2. The highest BCUT2D eigenvalue weighted by Gasteiger charge is 2.44. The maximum Gasteiger partial charge on any atom is 0.322 e. The van der Waals surface area contributed by atoms with E-state index in [0.717, 1.165) is 18.4 Å². The Morgan fingerprint density at radius 1 is 1.06 bits per heavy atom. The number of aromatic nitrogens is 2. The molecule has 1 aromatic carbocycles. The largest absolute Gasteiger partial charge is 0.480 e. The Kier molecular flexibility index (Phi) is 7.92. The van der Waals surface area contributed by atoms with Crippen LogP contribution in [0.5, 0.6) is 0 Å². The van der Waals surface area contributed by atoms with Crippen LogP contribution in [-0.2, 0) is 31.3 Å². The minimum absolute atomic E-state index is 0.0191. The Labute approximate surface area is 206 Å². The first-order valence-electron chi connectivity index (χ1n) is 11.5. The third kappa shape index (κ3) is 5.52. The van der Waals surface area contributed by atoms with E-state index in [0.29, 0.717) is 0 Å². The van der Waals surface area contributed by atoms with Crippen molar-refractivity contribution in [1.82, 2.24) is 9.97 Å². The van der Waals surface area contributed by atoms with E-state index >= 15 is 0 Å². The monoisotopic (exact) mass is 496 g/mol. The minimum atomic E-state index is -4.14. The molecule has 1 atom stereocenters. The summed E-state index contributed by atoms with van der Waals surface area (Å²) in [5.41, 5.74) is 8.80. The first-order chi connectivity index (χ1) is 16.6. The van der Waals surface area contributed by atoms with Crippen molar-refractivity contribution in [1.29, 1.82) is 0 Å². The number of hydrogen-bond acceptors (Lipinski definition) is 7. The van der Waals surface area contributed by atoms with Crippen molar-refractivity contribution in [2.45, 2.75) is 55.2 Å². The lowest BCUT2D eigenvalue weighted by molar-refractivity contribution is -0.134. The van der Waals surface area contributed by atoms with Crippen molar-refractivity contribution < 1.29 is 18.3 Å². The predicted molar refractivity (Wildman–Crippen MR) is 136 cm³/mol. The van der Waals surface area contributed by atoms with Gasteiger partial charge in [0.25, 0.3) is 0 Å². The average Bonchev–Trinajstić information content (AvgIpc) is 2.88. The van der Waals surface area contributed by atoms with Gasteiger partial charge in [0.2, 0.25) is 9.84 Å². The van der Waals surface area contributed by atoms with Crippen LogP contribution in [0.3, 0.4) is 0 Å². The molecule has 0 amide bonds. The number of aliphatic carboxylic acids is 1. The van der Waals surface area contributed by atoms with Crippen LogP contribution in [0.15, 0.2) is 71.9 Å². The van der Waals surface area contributed by atoms with E-state index in [-0.39, 0.29) is 34.8 Å². The van der Waals surface area contributed by atoms with Crippen LogP contribution >= 0.6 is 0 Å². The third-order valence-corrected chi connectivity index (χ3v) is 8.88. The van der Waals surface area contributed by atoms with E-state index in [2.05, 4.69) is 36.1 Å². The van der Waals surface area contributed by atoms with E-state index in [1.165, 1.54) is 30.1 Å². The number of pyridine rings is 2. The summed E-state index contributed by atoms with van der Waals surface area (Å²) in [7, 11) is -4.14. The Morgan fingerprint density at radius 2 is 1.74 bits per heavy atom. The molecule has 2 aromatic heterocycles. The number of carbonyl (C=O) groups is 1. The van der Waals surface area contributed by atoms with E-state index in [4.69, 9.17) is 10.8 Å². The summed E-state index contributed by atoms with van der Waals surface area (Å²) in [5, 5.41) is 11.6. The number of anilines is 1. The fourth-order valence-corrected chi connectivity index (χ4v) is 5.58. The zero-order valence-corrected chi connectivity index (χ0v) is 21.0. The van der Waals surface area contributed by atoms with Crippen LogP contribution in [-0.4, -0.2) is 36.0 Å². The first-order valence-corrected chi connectivity index (χ1v) is 13.0. The second-order valence-corrected chi connectivity index (χ2v) is 11.1. The highest BCUT2D eigenvalue weighted by atomic mass is 32.2. The van der Waals surface area contributed by atoms with Gasteiger partial charge in [-0.1, -0.05) is 51.1 Å². The summed E-state index contributed by atoms with van der Waals surface area (Å²) in [6.45, 7) is 6.15. The molecule has 186 valence electrons. The summed E-state index contributed by atoms with van der Waals surface area (Å²) in [6.07, 6.45) is 4.69. The van der Waals surface area contributed by atoms with Gasteiger partial charge in [0, 0.05) is 18.8 Å². The SMILES string of the molecule is CCC(C)(CC)c1ccc(CC(N)(c2cccc(NCC(=O)O)n2)S(=O)(=O)c2cccnc2)cc1. The van der Waals surface area contributed by atoms with E-state index in [9.17, 15) is 13.2 Å². The van der Waals surface area contributed by atoms with Crippen molar-refractivity contribution in [2.75, 3.05) is 11.9 Å². The minimum Gasteiger partial charge on any atom is -0.480 e. The van der Waals surface area contributed by atoms with Crippen LogP contribution in [0.1, 0.15) is 50.4 Å². The molecule has 0 radical (unpaired) electrons. The second kappa shape index (κ2) is 10.5. The number of carboxylic acids is 1. The number of nitrogens with one attached hydrogen (secondary N) is 1. The molecule has 35 heavy (non-hydrogen) atoms. The molecular weight excluding hydrogens is 464 g/mol. The fraction of sp³-hybridized carbons (Fsp3) is 0.346. The molecule has 0 bridgehead atoms. The Balaban J connectivity index is 2.08. The van der Waals surface area contributed by atoms with Gasteiger partial charge in [0.15, 0.2) is 4.87 Å². The lowest BCUT2D eigenvalue weighted by Gasteiger charge is -2.30. The fourth-order valence-electron chi connectivity index (χ4n) is 3.96. The maximum atomic E-state index is 13.8. The van der Waals surface area contributed by atoms with Crippen molar-refractivity contribution in [3.63, 3.8) is 0 Å². The molecule has 8 nitrogen and oxygen atoms in total. The second-order valence-electron chi connectivity index (χ2n) is 8.88. The van der Waals surface area contributed by atoms with Gasteiger partial charge in [0.05, 0.1) is 10.6 Å². The maximum absolute atomic E-state index is 13.8. The van der Waals surface area contributed by atoms with Crippen LogP contribution in [0.2, 0.25) is 0 Å². The first kappa shape index (κ1) is 26.3. The summed E-state index contributed by atoms with van der Waals surface area (Å²) in [5.74, 6) is -0.844. The Morgan fingerprint density at radius 3 is 2.31 bits per heavy atom. The number of nitrogens with zero attached hydrogens (tertiary/aromatic N) is 2. The number of benzene rings is 1. The smallest absolute Gasteiger partial charge is 0.322 e. The molecule has 0 spiro atoms. The van der Waals surface area contributed by atoms with Crippen LogP contribution in [0.25, 0.3) is 0 Å². The molecule has 2 heterocycles. The van der Waals surface area contributed by atoms with Gasteiger partial charge in [-0.2, -0.15) is 0 Å². The Bertz CT molecular complexity index is 1260. The third-order valence-electron chi connectivity index (χ3n) is 6.71. The normalized spacial score (nSPS) is 13.7. The predicted octanol–water partition coefficient (Wildman–Crippen LogP) is 3.88. The highest BCUT2D eigenvalue weighted by molar-refractivity contribution is 7.92. The van der Waals surface area contributed by atoms with Crippen LogP contribution in [0, 0.1) is 0 Å². The molecule has 4 N–H and O–H groups in total. The molecule has 0 aliphatic heterocycles. The number of hydrogen-bond donors (Lipinski definition) is 3.